The second-order valence-corrected chi connectivity index (χ2v) is 4.30. The molecule has 0 atom stereocenters. The van der Waals surface area contributed by atoms with Crippen LogP contribution in [0.2, 0.25) is 0 Å². The summed E-state index contributed by atoms with van der Waals surface area (Å²) in [6.45, 7) is 4.75. The molecule has 2 aromatic rings. The van der Waals surface area contributed by atoms with Crippen molar-refractivity contribution < 1.29 is 0 Å². The molecule has 1 heterocycles. The number of para-hydroxylation sites is 1. The number of benzene rings is 1. The second-order valence-electron chi connectivity index (χ2n) is 4.30. The van der Waals surface area contributed by atoms with E-state index in [-0.39, 0.29) is 0 Å². The van der Waals surface area contributed by atoms with Crippen molar-refractivity contribution in [2.75, 3.05) is 5.32 Å². The van der Waals surface area contributed by atoms with Gasteiger partial charge >= 0.3 is 0 Å². The van der Waals surface area contributed by atoms with Gasteiger partial charge in [0.1, 0.15) is 5.82 Å². The molecule has 0 aliphatic heterocycles. The van der Waals surface area contributed by atoms with Crippen molar-refractivity contribution in [2.45, 2.75) is 26.8 Å². The van der Waals surface area contributed by atoms with Crippen LogP contribution in [0.15, 0.2) is 36.5 Å². The van der Waals surface area contributed by atoms with Crippen LogP contribution < -0.4 is 11.1 Å². The first kappa shape index (κ1) is 12.6. The SMILES string of the molecule is CCc1cccc(C)c1Nc1ncccc1CN. The molecule has 94 valence electrons. The molecule has 18 heavy (non-hydrogen) atoms. The van der Waals surface area contributed by atoms with E-state index in [0.29, 0.717) is 6.54 Å². The Morgan fingerprint density at radius 1 is 1.17 bits per heavy atom. The number of nitrogens with two attached hydrogens (primary N) is 1. The van der Waals surface area contributed by atoms with Gasteiger partial charge in [-0.1, -0.05) is 31.2 Å². The van der Waals surface area contributed by atoms with Gasteiger partial charge in [-0.2, -0.15) is 0 Å². The number of pyridine rings is 1. The van der Waals surface area contributed by atoms with Crippen molar-refractivity contribution >= 4 is 11.5 Å². The number of nitrogens with zero attached hydrogens (tertiary/aromatic N) is 1. The summed E-state index contributed by atoms with van der Waals surface area (Å²) >= 11 is 0. The third-order valence-corrected chi connectivity index (χ3v) is 3.09. The van der Waals surface area contributed by atoms with E-state index in [4.69, 9.17) is 5.73 Å². The Balaban J connectivity index is 2.39. The van der Waals surface area contributed by atoms with Gasteiger partial charge in [0.2, 0.25) is 0 Å². The lowest BCUT2D eigenvalue weighted by Crippen LogP contribution is -2.05. The Morgan fingerprint density at radius 3 is 2.67 bits per heavy atom. The molecule has 3 nitrogen and oxygen atoms in total. The number of aryl methyl sites for hydroxylation is 2. The molecule has 3 heteroatoms. The molecule has 0 unspecified atom stereocenters. The van der Waals surface area contributed by atoms with E-state index < -0.39 is 0 Å². The van der Waals surface area contributed by atoms with Gasteiger partial charge in [-0.25, -0.2) is 4.98 Å². The highest BCUT2D eigenvalue weighted by Gasteiger charge is 2.07. The normalized spacial score (nSPS) is 10.4. The zero-order valence-corrected chi connectivity index (χ0v) is 10.9. The molecule has 3 N–H and O–H groups in total. The minimum Gasteiger partial charge on any atom is -0.340 e. The van der Waals surface area contributed by atoms with Gasteiger partial charge in [-0.05, 0) is 30.5 Å². The van der Waals surface area contributed by atoms with Crippen molar-refractivity contribution in [1.82, 2.24) is 4.98 Å². The van der Waals surface area contributed by atoms with Crippen LogP contribution in [0, 0.1) is 6.92 Å². The maximum absolute atomic E-state index is 5.73. The third-order valence-electron chi connectivity index (χ3n) is 3.09. The highest BCUT2D eigenvalue weighted by atomic mass is 15.0. The highest BCUT2D eigenvalue weighted by molar-refractivity contribution is 5.66. The third kappa shape index (κ3) is 2.51. The quantitative estimate of drug-likeness (QED) is 0.864. The van der Waals surface area contributed by atoms with Crippen molar-refractivity contribution in [1.29, 1.82) is 0 Å². The Kier molecular flexibility index (Phi) is 3.95. The first-order chi connectivity index (χ1) is 8.76. The number of hydrogen-bond donors (Lipinski definition) is 2. The van der Waals surface area contributed by atoms with E-state index >= 15 is 0 Å². The summed E-state index contributed by atoms with van der Waals surface area (Å²) in [7, 11) is 0. The molecule has 2 rings (SSSR count). The van der Waals surface area contributed by atoms with Gasteiger partial charge in [0, 0.05) is 24.0 Å². The lowest BCUT2D eigenvalue weighted by atomic mass is 10.1. The van der Waals surface area contributed by atoms with Crippen LogP contribution in [0.1, 0.15) is 23.6 Å². The summed E-state index contributed by atoms with van der Waals surface area (Å²) in [6.07, 6.45) is 2.78. The molecule has 0 saturated carbocycles. The predicted molar refractivity (Wildman–Crippen MR) is 76.0 cm³/mol. The van der Waals surface area contributed by atoms with Crippen LogP contribution >= 0.6 is 0 Å². The average molecular weight is 241 g/mol. The van der Waals surface area contributed by atoms with E-state index in [1.54, 1.807) is 6.20 Å². The van der Waals surface area contributed by atoms with Gasteiger partial charge in [0.15, 0.2) is 0 Å². The molecule has 0 bridgehead atoms. The molecular weight excluding hydrogens is 222 g/mol. The van der Waals surface area contributed by atoms with Gasteiger partial charge in [0.05, 0.1) is 0 Å². The molecular formula is C15H19N3. The summed E-state index contributed by atoms with van der Waals surface area (Å²) in [4.78, 5) is 4.37. The highest BCUT2D eigenvalue weighted by Crippen LogP contribution is 2.25. The van der Waals surface area contributed by atoms with Crippen molar-refractivity contribution in [3.63, 3.8) is 0 Å². The van der Waals surface area contributed by atoms with Crippen molar-refractivity contribution in [3.8, 4) is 0 Å². The number of rotatable bonds is 4. The molecule has 0 saturated heterocycles. The Labute approximate surface area is 108 Å². The Morgan fingerprint density at radius 2 is 1.94 bits per heavy atom. The summed E-state index contributed by atoms with van der Waals surface area (Å²) in [5.74, 6) is 0.851. The molecule has 0 amide bonds. The number of aromatic nitrogens is 1. The molecule has 1 aromatic carbocycles. The molecule has 0 spiro atoms. The fourth-order valence-corrected chi connectivity index (χ4v) is 2.04. The van der Waals surface area contributed by atoms with Gasteiger partial charge in [-0.15, -0.1) is 0 Å². The van der Waals surface area contributed by atoms with E-state index in [0.717, 1.165) is 23.5 Å². The number of nitrogens with one attached hydrogen (secondary N) is 1. The molecule has 0 fully saturated rings. The molecule has 0 radical (unpaired) electrons. The molecule has 0 aliphatic rings. The van der Waals surface area contributed by atoms with E-state index in [1.165, 1.54) is 11.1 Å². The van der Waals surface area contributed by atoms with E-state index in [9.17, 15) is 0 Å². The maximum Gasteiger partial charge on any atom is 0.134 e. The fraction of sp³-hybridized carbons (Fsp3) is 0.267. The summed E-state index contributed by atoms with van der Waals surface area (Å²) in [5.41, 5.74) is 10.4. The van der Waals surface area contributed by atoms with Crippen molar-refractivity contribution in [2.24, 2.45) is 5.73 Å². The smallest absolute Gasteiger partial charge is 0.134 e. The summed E-state index contributed by atoms with van der Waals surface area (Å²) < 4.78 is 0. The largest absolute Gasteiger partial charge is 0.340 e. The lowest BCUT2D eigenvalue weighted by molar-refractivity contribution is 1.05. The van der Waals surface area contributed by atoms with Crippen molar-refractivity contribution in [3.05, 3.63) is 53.2 Å². The zero-order valence-electron chi connectivity index (χ0n) is 10.9. The van der Waals surface area contributed by atoms with Gasteiger partial charge < -0.3 is 11.1 Å². The first-order valence-corrected chi connectivity index (χ1v) is 6.25. The number of hydrogen-bond acceptors (Lipinski definition) is 3. The van der Waals surface area contributed by atoms with Crippen LogP contribution in [0.4, 0.5) is 11.5 Å². The fourth-order valence-electron chi connectivity index (χ4n) is 2.04. The maximum atomic E-state index is 5.73. The number of anilines is 2. The monoisotopic (exact) mass is 241 g/mol. The molecule has 0 aliphatic carbocycles. The molecule has 1 aromatic heterocycles. The minimum absolute atomic E-state index is 0.490. The van der Waals surface area contributed by atoms with Crippen LogP contribution in [0.5, 0.6) is 0 Å². The minimum atomic E-state index is 0.490. The van der Waals surface area contributed by atoms with Crippen LogP contribution in [-0.4, -0.2) is 4.98 Å². The lowest BCUT2D eigenvalue weighted by Gasteiger charge is -2.15. The standard InChI is InChI=1S/C15H19N3/c1-3-12-7-4-6-11(2)14(12)18-15-13(10-16)8-5-9-17-15/h4-9H,3,10,16H2,1-2H3,(H,17,18). The van der Waals surface area contributed by atoms with Crippen LogP contribution in [-0.2, 0) is 13.0 Å². The zero-order chi connectivity index (χ0) is 13.0. The Bertz CT molecular complexity index is 535. The second kappa shape index (κ2) is 5.65. The van der Waals surface area contributed by atoms with Crippen LogP contribution in [0.3, 0.4) is 0 Å². The Hall–Kier alpha value is -1.87. The van der Waals surface area contributed by atoms with Crippen LogP contribution in [0.25, 0.3) is 0 Å². The summed E-state index contributed by atoms with van der Waals surface area (Å²) in [6, 6.07) is 10.2. The van der Waals surface area contributed by atoms with Gasteiger partial charge in [0.25, 0.3) is 0 Å². The first-order valence-electron chi connectivity index (χ1n) is 6.25. The van der Waals surface area contributed by atoms with Gasteiger partial charge in [-0.3, -0.25) is 0 Å². The van der Waals surface area contributed by atoms with E-state index in [2.05, 4.69) is 42.3 Å². The topological polar surface area (TPSA) is 50.9 Å². The summed E-state index contributed by atoms with van der Waals surface area (Å²) in [5, 5.41) is 3.42. The van der Waals surface area contributed by atoms with E-state index in [1.807, 2.05) is 12.1 Å². The predicted octanol–water partition coefficient (Wildman–Crippen LogP) is 3.15. The average Bonchev–Trinajstić information content (AvgIpc) is 2.41.